The van der Waals surface area contributed by atoms with Crippen LogP contribution in [0.2, 0.25) is 0 Å². The summed E-state index contributed by atoms with van der Waals surface area (Å²) in [5.74, 6) is 0.125. The fourth-order valence-corrected chi connectivity index (χ4v) is 3.20. The monoisotopic (exact) mass is 286 g/mol. The van der Waals surface area contributed by atoms with Gasteiger partial charge in [0.15, 0.2) is 0 Å². The molecule has 0 spiro atoms. The fourth-order valence-electron chi connectivity index (χ4n) is 2.46. The average molecular weight is 286 g/mol. The molecule has 2 atom stereocenters. The molecule has 6 heteroatoms. The van der Waals surface area contributed by atoms with Crippen molar-refractivity contribution in [1.82, 2.24) is 4.72 Å². The maximum absolute atomic E-state index is 13.9. The summed E-state index contributed by atoms with van der Waals surface area (Å²) in [4.78, 5) is -0.0576. The van der Waals surface area contributed by atoms with E-state index in [0.29, 0.717) is 11.6 Å². The smallest absolute Gasteiger partial charge is 0.240 e. The highest BCUT2D eigenvalue weighted by Gasteiger charge is 2.22. The first-order valence-corrected chi connectivity index (χ1v) is 7.90. The Kier molecular flexibility index (Phi) is 4.10. The molecule has 0 aromatic heterocycles. The van der Waals surface area contributed by atoms with Crippen molar-refractivity contribution in [1.29, 1.82) is 0 Å². The zero-order valence-corrected chi connectivity index (χ0v) is 11.9. The van der Waals surface area contributed by atoms with Crippen LogP contribution in [-0.4, -0.2) is 21.5 Å². The molecule has 0 radical (unpaired) electrons. The molecule has 0 heterocycles. The Balaban J connectivity index is 2.16. The van der Waals surface area contributed by atoms with Gasteiger partial charge in [0.2, 0.25) is 10.0 Å². The number of hydrogen-bond acceptors (Lipinski definition) is 3. The van der Waals surface area contributed by atoms with Crippen LogP contribution in [0.1, 0.15) is 26.2 Å². The van der Waals surface area contributed by atoms with Crippen molar-refractivity contribution in [2.45, 2.75) is 37.1 Å². The summed E-state index contributed by atoms with van der Waals surface area (Å²) in [5.41, 5.74) is 0.370. The van der Waals surface area contributed by atoms with E-state index in [1.54, 1.807) is 0 Å². The Morgan fingerprint density at radius 1 is 1.32 bits per heavy atom. The SMILES string of the molecule is CNS(=O)(=O)c1ccc(NC2CCC(C)C2)c(F)c1. The van der Waals surface area contributed by atoms with E-state index in [-0.39, 0.29) is 10.9 Å². The molecule has 1 aliphatic carbocycles. The number of halogens is 1. The third-order valence-corrected chi connectivity index (χ3v) is 4.99. The van der Waals surface area contributed by atoms with Gasteiger partial charge < -0.3 is 5.32 Å². The van der Waals surface area contributed by atoms with Gasteiger partial charge in [-0.05, 0) is 50.4 Å². The van der Waals surface area contributed by atoms with Crippen molar-refractivity contribution in [3.8, 4) is 0 Å². The lowest BCUT2D eigenvalue weighted by Crippen LogP contribution is -2.20. The van der Waals surface area contributed by atoms with Crippen LogP contribution in [0.15, 0.2) is 23.1 Å². The summed E-state index contributed by atoms with van der Waals surface area (Å²) in [6, 6.07) is 4.22. The molecule has 106 valence electrons. The Hall–Kier alpha value is -1.14. The Bertz CT molecular complexity index is 560. The molecule has 4 nitrogen and oxygen atoms in total. The predicted octanol–water partition coefficient (Wildman–Crippen LogP) is 2.33. The van der Waals surface area contributed by atoms with Gasteiger partial charge in [0.05, 0.1) is 10.6 Å². The van der Waals surface area contributed by atoms with E-state index < -0.39 is 15.8 Å². The van der Waals surface area contributed by atoms with Crippen molar-refractivity contribution in [3.63, 3.8) is 0 Å². The van der Waals surface area contributed by atoms with Crippen LogP contribution in [0.3, 0.4) is 0 Å². The van der Waals surface area contributed by atoms with Crippen LogP contribution < -0.4 is 10.0 Å². The number of anilines is 1. The maximum atomic E-state index is 13.9. The second-order valence-corrected chi connectivity index (χ2v) is 7.00. The van der Waals surface area contributed by atoms with Gasteiger partial charge in [0.1, 0.15) is 5.82 Å². The average Bonchev–Trinajstić information content (AvgIpc) is 2.77. The lowest BCUT2D eigenvalue weighted by Gasteiger charge is -2.15. The minimum absolute atomic E-state index is 0.0576. The van der Waals surface area contributed by atoms with Gasteiger partial charge in [-0.25, -0.2) is 17.5 Å². The quantitative estimate of drug-likeness (QED) is 0.893. The van der Waals surface area contributed by atoms with Gasteiger partial charge in [-0.1, -0.05) is 6.92 Å². The second kappa shape index (κ2) is 5.46. The third kappa shape index (κ3) is 3.25. The van der Waals surface area contributed by atoms with Gasteiger partial charge in [0.25, 0.3) is 0 Å². The number of nitrogens with one attached hydrogen (secondary N) is 2. The largest absolute Gasteiger partial charge is 0.380 e. The Labute approximate surface area is 113 Å². The minimum Gasteiger partial charge on any atom is -0.380 e. The van der Waals surface area contributed by atoms with Crippen LogP contribution in [0.5, 0.6) is 0 Å². The van der Waals surface area contributed by atoms with E-state index in [1.165, 1.54) is 19.2 Å². The van der Waals surface area contributed by atoms with Crippen molar-refractivity contribution in [3.05, 3.63) is 24.0 Å². The summed E-state index contributed by atoms with van der Waals surface area (Å²) in [6.45, 7) is 2.18. The zero-order chi connectivity index (χ0) is 14.0. The predicted molar refractivity (Wildman–Crippen MR) is 73.1 cm³/mol. The van der Waals surface area contributed by atoms with Crippen LogP contribution in [0.4, 0.5) is 10.1 Å². The summed E-state index contributed by atoms with van der Waals surface area (Å²) in [6.07, 6.45) is 3.19. The summed E-state index contributed by atoms with van der Waals surface area (Å²) in [7, 11) is -2.29. The Morgan fingerprint density at radius 3 is 2.58 bits per heavy atom. The minimum atomic E-state index is -3.59. The lowest BCUT2D eigenvalue weighted by molar-refractivity contribution is 0.583. The molecule has 1 aromatic rings. The molecule has 1 fully saturated rings. The van der Waals surface area contributed by atoms with E-state index in [4.69, 9.17) is 0 Å². The topological polar surface area (TPSA) is 58.2 Å². The highest BCUT2D eigenvalue weighted by atomic mass is 32.2. The molecule has 1 aliphatic rings. The van der Waals surface area contributed by atoms with Crippen LogP contribution in [-0.2, 0) is 10.0 Å². The summed E-state index contributed by atoms with van der Waals surface area (Å²) >= 11 is 0. The molecular formula is C13H19FN2O2S. The standard InChI is InChI=1S/C13H19FN2O2S/c1-9-3-4-10(7-9)16-13-6-5-11(8-12(13)14)19(17,18)15-2/h5-6,8-10,15-16H,3-4,7H2,1-2H3. The van der Waals surface area contributed by atoms with Gasteiger partial charge >= 0.3 is 0 Å². The fraction of sp³-hybridized carbons (Fsp3) is 0.538. The first kappa shape index (κ1) is 14.3. The molecule has 0 bridgehead atoms. The molecule has 1 saturated carbocycles. The van der Waals surface area contributed by atoms with Crippen LogP contribution in [0, 0.1) is 11.7 Å². The van der Waals surface area contributed by atoms with E-state index in [1.807, 2.05) is 0 Å². The third-order valence-electron chi connectivity index (χ3n) is 3.57. The van der Waals surface area contributed by atoms with Crippen molar-refractivity contribution in [2.24, 2.45) is 5.92 Å². The van der Waals surface area contributed by atoms with Crippen molar-refractivity contribution in [2.75, 3.05) is 12.4 Å². The van der Waals surface area contributed by atoms with Crippen LogP contribution >= 0.6 is 0 Å². The normalized spacial score (nSPS) is 23.5. The molecule has 0 aliphatic heterocycles. The van der Waals surface area contributed by atoms with E-state index in [9.17, 15) is 12.8 Å². The van der Waals surface area contributed by atoms with Crippen LogP contribution in [0.25, 0.3) is 0 Å². The highest BCUT2D eigenvalue weighted by Crippen LogP contribution is 2.28. The summed E-state index contributed by atoms with van der Waals surface area (Å²) in [5, 5.41) is 3.15. The molecule has 1 aromatic carbocycles. The second-order valence-electron chi connectivity index (χ2n) is 5.11. The van der Waals surface area contributed by atoms with Gasteiger partial charge in [0, 0.05) is 6.04 Å². The van der Waals surface area contributed by atoms with Gasteiger partial charge in [-0.15, -0.1) is 0 Å². The molecule has 2 unspecified atom stereocenters. The van der Waals surface area contributed by atoms with E-state index in [0.717, 1.165) is 25.3 Å². The number of hydrogen-bond donors (Lipinski definition) is 2. The number of rotatable bonds is 4. The first-order chi connectivity index (χ1) is 8.92. The maximum Gasteiger partial charge on any atom is 0.240 e. The van der Waals surface area contributed by atoms with E-state index in [2.05, 4.69) is 17.0 Å². The van der Waals surface area contributed by atoms with Crippen molar-refractivity contribution < 1.29 is 12.8 Å². The molecular weight excluding hydrogens is 267 g/mol. The Morgan fingerprint density at radius 2 is 2.05 bits per heavy atom. The van der Waals surface area contributed by atoms with Crippen molar-refractivity contribution >= 4 is 15.7 Å². The molecule has 0 amide bonds. The number of sulfonamides is 1. The molecule has 2 rings (SSSR count). The lowest BCUT2D eigenvalue weighted by atomic mass is 10.1. The van der Waals surface area contributed by atoms with E-state index >= 15 is 0 Å². The first-order valence-electron chi connectivity index (χ1n) is 6.42. The summed E-state index contributed by atoms with van der Waals surface area (Å²) < 4.78 is 39.2. The molecule has 19 heavy (non-hydrogen) atoms. The molecule has 0 saturated heterocycles. The van der Waals surface area contributed by atoms with Gasteiger partial charge in [-0.2, -0.15) is 0 Å². The highest BCUT2D eigenvalue weighted by molar-refractivity contribution is 7.89. The zero-order valence-electron chi connectivity index (χ0n) is 11.1. The molecule has 2 N–H and O–H groups in total. The number of benzene rings is 1. The van der Waals surface area contributed by atoms with Gasteiger partial charge in [-0.3, -0.25) is 0 Å².